The van der Waals surface area contributed by atoms with Crippen molar-refractivity contribution in [3.8, 4) is 17.2 Å². The molecular weight excluding hydrogens is 245 g/mol. The van der Waals surface area contributed by atoms with Crippen LogP contribution in [0, 0.1) is 12.7 Å². The number of para-hydroxylation sites is 1. The van der Waals surface area contributed by atoms with E-state index >= 15 is 0 Å². The van der Waals surface area contributed by atoms with E-state index in [0.717, 1.165) is 0 Å². The molecule has 2 rings (SSSR count). The van der Waals surface area contributed by atoms with Crippen molar-refractivity contribution < 1.29 is 13.9 Å². The third kappa shape index (κ3) is 2.96. The number of hydrogen-bond donors (Lipinski definition) is 1. The van der Waals surface area contributed by atoms with Crippen molar-refractivity contribution in [2.45, 2.75) is 13.8 Å². The third-order valence-electron chi connectivity index (χ3n) is 2.68. The number of hydrogen-bond acceptors (Lipinski definition) is 3. The summed E-state index contributed by atoms with van der Waals surface area (Å²) in [6, 6.07) is 9.68. The molecule has 0 aliphatic heterocycles. The Kier molecular flexibility index (Phi) is 3.90. The summed E-state index contributed by atoms with van der Waals surface area (Å²) >= 11 is 0. The Morgan fingerprint density at radius 1 is 1.11 bits per heavy atom. The lowest BCUT2D eigenvalue weighted by Crippen LogP contribution is -1.99. The van der Waals surface area contributed by atoms with Crippen LogP contribution < -0.4 is 15.2 Å². The Balaban J connectivity index is 2.30. The van der Waals surface area contributed by atoms with Crippen LogP contribution in [-0.4, -0.2) is 6.61 Å². The number of benzene rings is 2. The maximum absolute atomic E-state index is 13.0. The lowest BCUT2D eigenvalue weighted by Gasteiger charge is -2.13. The van der Waals surface area contributed by atoms with Crippen molar-refractivity contribution in [1.29, 1.82) is 0 Å². The fraction of sp³-hybridized carbons (Fsp3) is 0.200. The molecule has 0 radical (unpaired) electrons. The number of aryl methyl sites for hydroxylation is 1. The summed E-state index contributed by atoms with van der Waals surface area (Å²) in [5.41, 5.74) is 7.12. The van der Waals surface area contributed by atoms with Crippen LogP contribution in [0.15, 0.2) is 36.4 Å². The van der Waals surface area contributed by atoms with Gasteiger partial charge in [-0.25, -0.2) is 4.39 Å². The fourth-order valence-corrected chi connectivity index (χ4v) is 1.74. The van der Waals surface area contributed by atoms with Crippen LogP contribution >= 0.6 is 0 Å². The van der Waals surface area contributed by atoms with E-state index in [4.69, 9.17) is 15.2 Å². The molecule has 2 aromatic carbocycles. The summed E-state index contributed by atoms with van der Waals surface area (Å²) < 4.78 is 24.1. The van der Waals surface area contributed by atoms with Gasteiger partial charge in [0.2, 0.25) is 0 Å². The van der Waals surface area contributed by atoms with E-state index in [1.165, 1.54) is 12.1 Å². The van der Waals surface area contributed by atoms with E-state index in [0.29, 0.717) is 35.1 Å². The van der Waals surface area contributed by atoms with Crippen LogP contribution in [0.3, 0.4) is 0 Å². The average Bonchev–Trinajstić information content (AvgIpc) is 2.37. The number of nitrogens with two attached hydrogens (primary N) is 1. The first kappa shape index (κ1) is 13.2. The molecule has 0 saturated heterocycles. The van der Waals surface area contributed by atoms with Crippen LogP contribution in [0.25, 0.3) is 0 Å². The largest absolute Gasteiger partial charge is 0.492 e. The zero-order chi connectivity index (χ0) is 13.8. The number of halogens is 1. The van der Waals surface area contributed by atoms with Crippen molar-refractivity contribution in [2.75, 3.05) is 12.3 Å². The molecule has 3 nitrogen and oxygen atoms in total. The molecule has 2 aromatic rings. The number of anilines is 1. The molecule has 0 atom stereocenters. The van der Waals surface area contributed by atoms with Gasteiger partial charge in [-0.3, -0.25) is 0 Å². The van der Waals surface area contributed by atoms with Gasteiger partial charge < -0.3 is 15.2 Å². The Bertz CT molecular complexity index is 584. The third-order valence-corrected chi connectivity index (χ3v) is 2.68. The Hall–Kier alpha value is -2.23. The van der Waals surface area contributed by atoms with Gasteiger partial charge in [0.1, 0.15) is 23.0 Å². The standard InChI is InChI=1S/C15H16FNO2/c1-3-18-13-5-4-6-14(15(13)17)19-12-8-7-11(16)9-10(12)2/h4-9H,3,17H2,1-2H3. The Morgan fingerprint density at radius 2 is 1.84 bits per heavy atom. The highest BCUT2D eigenvalue weighted by molar-refractivity contribution is 5.63. The SMILES string of the molecule is CCOc1cccc(Oc2ccc(F)cc2C)c1N. The van der Waals surface area contributed by atoms with E-state index < -0.39 is 0 Å². The topological polar surface area (TPSA) is 44.5 Å². The van der Waals surface area contributed by atoms with Gasteiger partial charge in [-0.15, -0.1) is 0 Å². The van der Waals surface area contributed by atoms with Crippen molar-refractivity contribution in [1.82, 2.24) is 0 Å². The van der Waals surface area contributed by atoms with Crippen LogP contribution in [0.2, 0.25) is 0 Å². The minimum atomic E-state index is -0.291. The highest BCUT2D eigenvalue weighted by atomic mass is 19.1. The molecule has 0 amide bonds. The van der Waals surface area contributed by atoms with Crippen LogP contribution in [0.5, 0.6) is 17.2 Å². The zero-order valence-electron chi connectivity index (χ0n) is 10.9. The molecule has 0 heterocycles. The number of ether oxygens (including phenoxy) is 2. The molecule has 0 aliphatic rings. The van der Waals surface area contributed by atoms with E-state index in [1.54, 1.807) is 31.2 Å². The van der Waals surface area contributed by atoms with Gasteiger partial charge in [0, 0.05) is 0 Å². The van der Waals surface area contributed by atoms with Gasteiger partial charge in [-0.2, -0.15) is 0 Å². The van der Waals surface area contributed by atoms with Gasteiger partial charge in [-0.1, -0.05) is 6.07 Å². The summed E-state index contributed by atoms with van der Waals surface area (Å²) in [5, 5.41) is 0. The molecule has 19 heavy (non-hydrogen) atoms. The second kappa shape index (κ2) is 5.61. The van der Waals surface area contributed by atoms with E-state index in [9.17, 15) is 4.39 Å². The van der Waals surface area contributed by atoms with Gasteiger partial charge in [0.25, 0.3) is 0 Å². The molecular formula is C15H16FNO2. The molecule has 0 saturated carbocycles. The minimum absolute atomic E-state index is 0.291. The summed E-state index contributed by atoms with van der Waals surface area (Å²) in [6.45, 7) is 4.20. The first-order valence-corrected chi connectivity index (χ1v) is 6.07. The van der Waals surface area contributed by atoms with Crippen molar-refractivity contribution >= 4 is 5.69 Å². The molecule has 4 heteroatoms. The fourth-order valence-electron chi connectivity index (χ4n) is 1.74. The minimum Gasteiger partial charge on any atom is -0.492 e. The molecule has 0 spiro atoms. The van der Waals surface area contributed by atoms with Crippen molar-refractivity contribution in [3.05, 3.63) is 47.8 Å². The van der Waals surface area contributed by atoms with E-state index in [1.807, 2.05) is 6.92 Å². The second-order valence-corrected chi connectivity index (χ2v) is 4.11. The van der Waals surface area contributed by atoms with Crippen LogP contribution in [0.1, 0.15) is 12.5 Å². The highest BCUT2D eigenvalue weighted by Gasteiger charge is 2.09. The van der Waals surface area contributed by atoms with Crippen molar-refractivity contribution in [2.24, 2.45) is 0 Å². The van der Waals surface area contributed by atoms with Crippen LogP contribution in [0.4, 0.5) is 10.1 Å². The molecule has 0 fully saturated rings. The maximum Gasteiger partial charge on any atom is 0.154 e. The number of nitrogen functional groups attached to an aromatic ring is 1. The molecule has 0 aliphatic carbocycles. The zero-order valence-corrected chi connectivity index (χ0v) is 10.9. The normalized spacial score (nSPS) is 10.3. The van der Waals surface area contributed by atoms with Gasteiger partial charge >= 0.3 is 0 Å². The smallest absolute Gasteiger partial charge is 0.154 e. The quantitative estimate of drug-likeness (QED) is 0.849. The second-order valence-electron chi connectivity index (χ2n) is 4.11. The van der Waals surface area contributed by atoms with Gasteiger partial charge in [-0.05, 0) is 49.7 Å². The lowest BCUT2D eigenvalue weighted by atomic mass is 10.2. The molecule has 0 unspecified atom stereocenters. The summed E-state index contributed by atoms with van der Waals surface area (Å²) in [6.07, 6.45) is 0. The molecule has 100 valence electrons. The molecule has 0 bridgehead atoms. The van der Waals surface area contributed by atoms with Gasteiger partial charge in [0.05, 0.1) is 6.61 Å². The van der Waals surface area contributed by atoms with Crippen LogP contribution in [-0.2, 0) is 0 Å². The van der Waals surface area contributed by atoms with Crippen molar-refractivity contribution in [3.63, 3.8) is 0 Å². The molecule has 0 aromatic heterocycles. The predicted molar refractivity (Wildman–Crippen MR) is 73.2 cm³/mol. The Labute approximate surface area is 111 Å². The van der Waals surface area contributed by atoms with Gasteiger partial charge in [0.15, 0.2) is 5.75 Å². The summed E-state index contributed by atoms with van der Waals surface area (Å²) in [7, 11) is 0. The summed E-state index contributed by atoms with van der Waals surface area (Å²) in [4.78, 5) is 0. The maximum atomic E-state index is 13.0. The number of rotatable bonds is 4. The predicted octanol–water partition coefficient (Wildman–Crippen LogP) is 3.91. The first-order chi connectivity index (χ1) is 9.11. The highest BCUT2D eigenvalue weighted by Crippen LogP contribution is 2.35. The van der Waals surface area contributed by atoms with E-state index in [-0.39, 0.29) is 5.82 Å². The summed E-state index contributed by atoms with van der Waals surface area (Å²) in [5.74, 6) is 1.36. The Morgan fingerprint density at radius 3 is 2.53 bits per heavy atom. The average molecular weight is 261 g/mol. The molecule has 2 N–H and O–H groups in total. The lowest BCUT2D eigenvalue weighted by molar-refractivity contribution is 0.340. The monoisotopic (exact) mass is 261 g/mol. The first-order valence-electron chi connectivity index (χ1n) is 6.07. The van der Waals surface area contributed by atoms with E-state index in [2.05, 4.69) is 0 Å².